The van der Waals surface area contributed by atoms with E-state index in [0.29, 0.717) is 5.69 Å². The molecular formula is C10H14N2O2. The number of hydrogen-bond acceptors (Lipinski definition) is 4. The molecule has 0 aliphatic carbocycles. The van der Waals surface area contributed by atoms with Crippen LogP contribution in [-0.2, 0) is 6.42 Å². The normalized spacial score (nSPS) is 12.2. The minimum Gasteiger partial charge on any atom is -0.374 e. The van der Waals surface area contributed by atoms with E-state index >= 15 is 0 Å². The van der Waals surface area contributed by atoms with Crippen LogP contribution in [0.1, 0.15) is 19.4 Å². The molecule has 1 aromatic rings. The summed E-state index contributed by atoms with van der Waals surface area (Å²) in [5.41, 5.74) is 2.23. The van der Waals surface area contributed by atoms with Gasteiger partial charge in [0.05, 0.1) is 0 Å². The Kier molecular flexibility index (Phi) is 3.59. The quantitative estimate of drug-likeness (QED) is 0.571. The lowest BCUT2D eigenvalue weighted by atomic mass is 10.1. The summed E-state index contributed by atoms with van der Waals surface area (Å²) in [6.07, 6.45) is 0.189. The Hall–Kier alpha value is -1.42. The third-order valence-electron chi connectivity index (χ3n) is 1.94. The molecule has 76 valence electrons. The van der Waals surface area contributed by atoms with Gasteiger partial charge in [-0.2, -0.15) is 0 Å². The lowest BCUT2D eigenvalue weighted by Crippen LogP contribution is -2.14. The van der Waals surface area contributed by atoms with Crippen molar-refractivity contribution >= 4 is 11.4 Å². The van der Waals surface area contributed by atoms with Crippen molar-refractivity contribution in [2.24, 2.45) is 5.18 Å². The van der Waals surface area contributed by atoms with Crippen molar-refractivity contribution in [3.05, 3.63) is 28.7 Å². The molecule has 0 aromatic heterocycles. The van der Waals surface area contributed by atoms with Crippen molar-refractivity contribution in [2.45, 2.75) is 26.5 Å². The molecule has 14 heavy (non-hydrogen) atoms. The first kappa shape index (κ1) is 10.7. The summed E-state index contributed by atoms with van der Waals surface area (Å²) in [6.45, 7) is 3.63. The molecule has 0 radical (unpaired) electrons. The van der Waals surface area contributed by atoms with Gasteiger partial charge in [-0.3, -0.25) is 0 Å². The minimum absolute atomic E-state index is 0.415. The van der Waals surface area contributed by atoms with Crippen molar-refractivity contribution in [3.63, 3.8) is 0 Å². The Balaban J connectivity index is 2.98. The van der Waals surface area contributed by atoms with Gasteiger partial charge in [-0.1, -0.05) is 6.92 Å². The third-order valence-corrected chi connectivity index (χ3v) is 1.94. The number of aliphatic hydroxyl groups excluding tert-OH is 1. The van der Waals surface area contributed by atoms with Gasteiger partial charge in [0.25, 0.3) is 0 Å². The Morgan fingerprint density at radius 3 is 2.79 bits per heavy atom. The molecule has 0 fully saturated rings. The highest BCUT2D eigenvalue weighted by molar-refractivity contribution is 5.57. The van der Waals surface area contributed by atoms with Gasteiger partial charge in [-0.05, 0) is 42.3 Å². The number of anilines is 1. The lowest BCUT2D eigenvalue weighted by molar-refractivity contribution is 0.224. The van der Waals surface area contributed by atoms with E-state index in [1.807, 2.05) is 6.92 Å². The highest BCUT2D eigenvalue weighted by Gasteiger charge is 2.04. The van der Waals surface area contributed by atoms with E-state index in [-0.39, 0.29) is 0 Å². The van der Waals surface area contributed by atoms with Crippen molar-refractivity contribution in [1.29, 1.82) is 0 Å². The van der Waals surface area contributed by atoms with Gasteiger partial charge in [0.2, 0.25) is 0 Å². The van der Waals surface area contributed by atoms with Crippen LogP contribution in [0.15, 0.2) is 23.4 Å². The number of aliphatic hydroxyl groups is 1. The van der Waals surface area contributed by atoms with Gasteiger partial charge in [0, 0.05) is 5.69 Å². The summed E-state index contributed by atoms with van der Waals surface area (Å²) in [5, 5.41) is 14.9. The van der Waals surface area contributed by atoms with Crippen LogP contribution in [0.4, 0.5) is 11.4 Å². The molecule has 0 aliphatic rings. The maximum Gasteiger partial charge on any atom is 0.121 e. The average Bonchev–Trinajstić information content (AvgIpc) is 2.17. The van der Waals surface area contributed by atoms with Crippen LogP contribution < -0.4 is 5.32 Å². The van der Waals surface area contributed by atoms with E-state index in [1.165, 1.54) is 0 Å². The summed E-state index contributed by atoms with van der Waals surface area (Å²) >= 11 is 0. The molecule has 0 saturated carbocycles. The lowest BCUT2D eigenvalue weighted by Gasteiger charge is -2.13. The molecule has 1 atom stereocenters. The van der Waals surface area contributed by atoms with Crippen molar-refractivity contribution in [3.8, 4) is 0 Å². The second kappa shape index (κ2) is 4.72. The fraction of sp³-hybridized carbons (Fsp3) is 0.400. The van der Waals surface area contributed by atoms with Crippen LogP contribution in [0.5, 0.6) is 0 Å². The van der Waals surface area contributed by atoms with E-state index in [2.05, 4.69) is 10.5 Å². The number of nitroso groups, excluding NO2 is 1. The number of hydrogen-bond donors (Lipinski definition) is 2. The molecule has 2 N–H and O–H groups in total. The molecule has 0 bridgehead atoms. The highest BCUT2D eigenvalue weighted by Crippen LogP contribution is 2.23. The van der Waals surface area contributed by atoms with Crippen molar-refractivity contribution < 1.29 is 5.11 Å². The predicted molar refractivity (Wildman–Crippen MR) is 56.6 cm³/mol. The largest absolute Gasteiger partial charge is 0.374 e. The molecule has 1 unspecified atom stereocenters. The summed E-state index contributed by atoms with van der Waals surface area (Å²) < 4.78 is 0. The number of nitrogens with one attached hydrogen (secondary N) is 1. The summed E-state index contributed by atoms with van der Waals surface area (Å²) in [5.74, 6) is 0. The van der Waals surface area contributed by atoms with E-state index < -0.39 is 6.23 Å². The van der Waals surface area contributed by atoms with Crippen LogP contribution in [-0.4, -0.2) is 11.3 Å². The maximum atomic E-state index is 10.3. The zero-order valence-corrected chi connectivity index (χ0v) is 8.32. The molecule has 0 saturated heterocycles. The van der Waals surface area contributed by atoms with E-state index in [9.17, 15) is 4.91 Å². The zero-order valence-electron chi connectivity index (χ0n) is 8.32. The van der Waals surface area contributed by atoms with Crippen LogP contribution in [0.3, 0.4) is 0 Å². The van der Waals surface area contributed by atoms with Gasteiger partial charge in [-0.15, -0.1) is 4.91 Å². The smallest absolute Gasteiger partial charge is 0.121 e. The first-order chi connectivity index (χ1) is 6.67. The predicted octanol–water partition coefficient (Wildman–Crippen LogP) is 2.40. The van der Waals surface area contributed by atoms with Crippen molar-refractivity contribution in [2.75, 3.05) is 5.32 Å². The van der Waals surface area contributed by atoms with Gasteiger partial charge >= 0.3 is 0 Å². The van der Waals surface area contributed by atoms with Crippen LogP contribution in [0.2, 0.25) is 0 Å². The standard InChI is InChI=1S/C10H14N2O2/c1-3-8-6-9(12-14)4-5-10(8)11-7(2)13/h4-7,11,13H,3H2,1-2H3. The zero-order chi connectivity index (χ0) is 10.6. The van der Waals surface area contributed by atoms with Crippen molar-refractivity contribution in [1.82, 2.24) is 0 Å². The Bertz CT molecular complexity index is 324. The molecule has 4 nitrogen and oxygen atoms in total. The van der Waals surface area contributed by atoms with E-state index in [0.717, 1.165) is 17.7 Å². The highest BCUT2D eigenvalue weighted by atomic mass is 16.3. The van der Waals surface area contributed by atoms with Gasteiger partial charge in [0.1, 0.15) is 11.9 Å². The Labute approximate surface area is 82.9 Å². The number of nitrogens with zero attached hydrogens (tertiary/aromatic N) is 1. The minimum atomic E-state index is -0.602. The first-order valence-electron chi connectivity index (χ1n) is 4.58. The second-order valence-corrected chi connectivity index (χ2v) is 3.11. The first-order valence-corrected chi connectivity index (χ1v) is 4.58. The summed E-state index contributed by atoms with van der Waals surface area (Å²) in [6, 6.07) is 5.09. The molecule has 1 rings (SSSR count). The van der Waals surface area contributed by atoms with E-state index in [4.69, 9.17) is 5.11 Å². The molecule has 0 spiro atoms. The van der Waals surface area contributed by atoms with Gasteiger partial charge in [0.15, 0.2) is 0 Å². The third kappa shape index (κ3) is 2.53. The Morgan fingerprint density at radius 2 is 2.29 bits per heavy atom. The number of aryl methyl sites for hydroxylation is 1. The molecule has 0 aliphatic heterocycles. The maximum absolute atomic E-state index is 10.3. The fourth-order valence-corrected chi connectivity index (χ4v) is 1.30. The second-order valence-electron chi connectivity index (χ2n) is 3.11. The number of rotatable bonds is 4. The van der Waals surface area contributed by atoms with Crippen LogP contribution in [0, 0.1) is 4.91 Å². The van der Waals surface area contributed by atoms with Crippen LogP contribution in [0.25, 0.3) is 0 Å². The van der Waals surface area contributed by atoms with Gasteiger partial charge < -0.3 is 10.4 Å². The SMILES string of the molecule is CCc1cc(N=O)ccc1NC(C)O. The summed E-state index contributed by atoms with van der Waals surface area (Å²) in [7, 11) is 0. The topological polar surface area (TPSA) is 61.7 Å². The molecule has 1 aromatic carbocycles. The van der Waals surface area contributed by atoms with E-state index in [1.54, 1.807) is 25.1 Å². The average molecular weight is 194 g/mol. The fourth-order valence-electron chi connectivity index (χ4n) is 1.30. The molecular weight excluding hydrogens is 180 g/mol. The van der Waals surface area contributed by atoms with Gasteiger partial charge in [-0.25, -0.2) is 0 Å². The molecule has 0 heterocycles. The number of benzene rings is 1. The van der Waals surface area contributed by atoms with Crippen LogP contribution >= 0.6 is 0 Å². The monoisotopic (exact) mass is 194 g/mol. The molecule has 0 amide bonds. The Morgan fingerprint density at radius 1 is 1.57 bits per heavy atom. The molecule has 4 heteroatoms. The summed E-state index contributed by atoms with van der Waals surface area (Å²) in [4.78, 5) is 10.3.